The van der Waals surface area contributed by atoms with Gasteiger partial charge in [0.2, 0.25) is 0 Å². The van der Waals surface area contributed by atoms with Gasteiger partial charge in [-0.3, -0.25) is 4.79 Å². The maximum Gasteiger partial charge on any atom is 0.163 e. The van der Waals surface area contributed by atoms with E-state index in [0.29, 0.717) is 38.4 Å². The van der Waals surface area contributed by atoms with E-state index in [9.17, 15) is 9.18 Å². The third-order valence-electron chi connectivity index (χ3n) is 6.79. The number of ether oxygens (including phenoxy) is 2. The molecule has 0 unspecified atom stereocenters. The van der Waals surface area contributed by atoms with Crippen LogP contribution >= 0.6 is 0 Å². The lowest BCUT2D eigenvalue weighted by atomic mass is 9.77. The van der Waals surface area contributed by atoms with Crippen molar-refractivity contribution in [2.24, 2.45) is 5.92 Å². The highest BCUT2D eigenvalue weighted by atomic mass is 19.1. The van der Waals surface area contributed by atoms with Gasteiger partial charge in [-0.25, -0.2) is 4.39 Å². The molecular weight excluding hydrogens is 381 g/mol. The van der Waals surface area contributed by atoms with E-state index in [4.69, 9.17) is 9.47 Å². The van der Waals surface area contributed by atoms with Crippen LogP contribution < -0.4 is 14.4 Å². The topological polar surface area (TPSA) is 38.8 Å². The molecule has 2 aromatic carbocycles. The van der Waals surface area contributed by atoms with E-state index in [1.165, 1.54) is 16.8 Å². The van der Waals surface area contributed by atoms with Crippen LogP contribution in [0.25, 0.3) is 0 Å². The normalized spacial score (nSPS) is 24.0. The van der Waals surface area contributed by atoms with Crippen molar-refractivity contribution >= 4 is 11.5 Å². The van der Waals surface area contributed by atoms with E-state index in [-0.39, 0.29) is 17.6 Å². The molecule has 30 heavy (non-hydrogen) atoms. The number of halogens is 1. The minimum absolute atomic E-state index is 0.0526. The van der Waals surface area contributed by atoms with Crippen LogP contribution in [-0.4, -0.2) is 38.3 Å². The average Bonchev–Trinajstić information content (AvgIpc) is 2.70. The number of carbonyl (C=O) groups is 1. The molecule has 0 aromatic heterocycles. The average molecular weight is 410 g/mol. The van der Waals surface area contributed by atoms with Gasteiger partial charge in [-0.15, -0.1) is 0 Å². The van der Waals surface area contributed by atoms with Gasteiger partial charge in [-0.05, 0) is 42.0 Å². The number of benzene rings is 2. The predicted octanol–water partition coefficient (Wildman–Crippen LogP) is 4.87. The van der Waals surface area contributed by atoms with Crippen LogP contribution in [0.2, 0.25) is 0 Å². The smallest absolute Gasteiger partial charge is 0.163 e. The SMILES string of the molecule is C[C@H](CC(=O)C1CC(F)C1)c1ccc(C2CN(c3ccc4c(c3)OCCO4)C2)cc1. The first-order valence-electron chi connectivity index (χ1n) is 11.0. The number of carbonyl (C=O) groups excluding carboxylic acids is 1. The fraction of sp³-hybridized carbons (Fsp3) is 0.480. The highest BCUT2D eigenvalue weighted by Gasteiger charge is 2.35. The summed E-state index contributed by atoms with van der Waals surface area (Å²) in [7, 11) is 0. The molecule has 2 aromatic rings. The van der Waals surface area contributed by atoms with Gasteiger partial charge in [0.25, 0.3) is 0 Å². The number of anilines is 1. The Kier molecular flexibility index (Phi) is 5.13. The molecule has 5 rings (SSSR count). The molecule has 5 heteroatoms. The second kappa shape index (κ2) is 7.93. The Morgan fingerprint density at radius 3 is 2.47 bits per heavy atom. The Morgan fingerprint density at radius 2 is 1.77 bits per heavy atom. The number of fused-ring (bicyclic) bond motifs is 1. The van der Waals surface area contributed by atoms with Crippen molar-refractivity contribution < 1.29 is 18.7 Å². The molecule has 2 aliphatic heterocycles. The molecule has 0 amide bonds. The maximum absolute atomic E-state index is 13.0. The second-order valence-electron chi connectivity index (χ2n) is 8.93. The zero-order chi connectivity index (χ0) is 20.7. The third kappa shape index (κ3) is 3.78. The minimum atomic E-state index is -0.766. The first-order valence-corrected chi connectivity index (χ1v) is 11.0. The summed E-state index contributed by atoms with van der Waals surface area (Å²) in [6.07, 6.45) is 0.591. The van der Waals surface area contributed by atoms with E-state index in [0.717, 1.165) is 24.6 Å². The molecule has 2 fully saturated rings. The standard InChI is InChI=1S/C25H28FNO3/c1-16(10-23(28)19-11-21(26)12-19)17-2-4-18(5-3-17)20-14-27(15-20)22-6-7-24-25(13-22)30-9-8-29-24/h2-7,13,16,19-21H,8-12,14-15H2,1H3/t16-,19?,21?/m1/s1. The summed E-state index contributed by atoms with van der Waals surface area (Å²) >= 11 is 0. The number of hydrogen-bond donors (Lipinski definition) is 0. The molecular formula is C25H28FNO3. The van der Waals surface area contributed by atoms with E-state index < -0.39 is 6.17 Å². The Bertz CT molecular complexity index is 916. The van der Waals surface area contributed by atoms with Crippen molar-refractivity contribution in [2.45, 2.75) is 44.2 Å². The molecule has 0 bridgehead atoms. The van der Waals surface area contributed by atoms with Crippen LogP contribution in [0.3, 0.4) is 0 Å². The van der Waals surface area contributed by atoms with E-state index in [1.807, 2.05) is 6.07 Å². The van der Waals surface area contributed by atoms with Gasteiger partial charge in [0.05, 0.1) is 0 Å². The molecule has 3 aliphatic rings. The first-order chi connectivity index (χ1) is 14.6. The van der Waals surface area contributed by atoms with E-state index in [1.54, 1.807) is 0 Å². The van der Waals surface area contributed by atoms with Gasteiger partial charge in [-0.2, -0.15) is 0 Å². The van der Waals surface area contributed by atoms with Crippen LogP contribution in [0.5, 0.6) is 11.5 Å². The summed E-state index contributed by atoms with van der Waals surface area (Å²) in [5, 5.41) is 0. The molecule has 2 heterocycles. The van der Waals surface area contributed by atoms with Crippen LogP contribution in [0.1, 0.15) is 49.1 Å². The number of ketones is 1. The molecule has 1 saturated heterocycles. The number of Topliss-reactive ketones (excluding diaryl/α,β-unsaturated/α-hetero) is 1. The van der Waals surface area contributed by atoms with Crippen molar-refractivity contribution in [1.29, 1.82) is 0 Å². The van der Waals surface area contributed by atoms with Crippen LogP contribution in [-0.2, 0) is 4.79 Å². The second-order valence-corrected chi connectivity index (χ2v) is 8.93. The number of nitrogens with zero attached hydrogens (tertiary/aromatic N) is 1. The zero-order valence-corrected chi connectivity index (χ0v) is 17.4. The summed E-state index contributed by atoms with van der Waals surface area (Å²) in [4.78, 5) is 14.6. The van der Waals surface area contributed by atoms with Crippen LogP contribution in [0, 0.1) is 5.92 Å². The van der Waals surface area contributed by atoms with Gasteiger partial charge < -0.3 is 14.4 Å². The molecule has 4 nitrogen and oxygen atoms in total. The summed E-state index contributed by atoms with van der Waals surface area (Å²) in [5.74, 6) is 2.52. The fourth-order valence-electron chi connectivity index (χ4n) is 4.62. The number of alkyl halides is 1. The summed E-state index contributed by atoms with van der Waals surface area (Å²) in [5.41, 5.74) is 3.70. The molecule has 1 atom stereocenters. The van der Waals surface area contributed by atoms with Crippen LogP contribution in [0.15, 0.2) is 42.5 Å². The molecule has 0 radical (unpaired) electrons. The fourth-order valence-corrected chi connectivity index (χ4v) is 4.62. The molecule has 158 valence electrons. The van der Waals surface area contributed by atoms with E-state index in [2.05, 4.69) is 48.2 Å². The highest BCUT2D eigenvalue weighted by Crippen LogP contribution is 2.38. The minimum Gasteiger partial charge on any atom is -0.486 e. The monoisotopic (exact) mass is 409 g/mol. The van der Waals surface area contributed by atoms with Gasteiger partial charge in [-0.1, -0.05) is 31.2 Å². The number of hydrogen-bond acceptors (Lipinski definition) is 4. The predicted molar refractivity (Wildman–Crippen MR) is 114 cm³/mol. The van der Waals surface area contributed by atoms with Crippen molar-refractivity contribution in [3.05, 3.63) is 53.6 Å². The van der Waals surface area contributed by atoms with E-state index >= 15 is 0 Å². The lowest BCUT2D eigenvalue weighted by Crippen LogP contribution is -2.45. The third-order valence-corrected chi connectivity index (χ3v) is 6.79. The Morgan fingerprint density at radius 1 is 1.07 bits per heavy atom. The van der Waals surface area contributed by atoms with Crippen molar-refractivity contribution in [2.75, 3.05) is 31.2 Å². The molecule has 1 saturated carbocycles. The van der Waals surface area contributed by atoms with Gasteiger partial charge in [0.1, 0.15) is 25.2 Å². The zero-order valence-electron chi connectivity index (χ0n) is 17.4. The largest absolute Gasteiger partial charge is 0.486 e. The number of rotatable bonds is 6. The van der Waals surface area contributed by atoms with Crippen molar-refractivity contribution in [1.82, 2.24) is 0 Å². The lowest BCUT2D eigenvalue weighted by molar-refractivity contribution is -0.127. The molecule has 1 aliphatic carbocycles. The van der Waals surface area contributed by atoms with Crippen molar-refractivity contribution in [3.8, 4) is 11.5 Å². The molecule has 0 N–H and O–H groups in total. The quantitative estimate of drug-likeness (QED) is 0.682. The summed E-state index contributed by atoms with van der Waals surface area (Å²) < 4.78 is 24.3. The summed E-state index contributed by atoms with van der Waals surface area (Å²) in [6.45, 7) is 5.27. The van der Waals surface area contributed by atoms with Crippen LogP contribution in [0.4, 0.5) is 10.1 Å². The summed E-state index contributed by atoms with van der Waals surface area (Å²) in [6, 6.07) is 14.9. The highest BCUT2D eigenvalue weighted by molar-refractivity contribution is 5.82. The van der Waals surface area contributed by atoms with Gasteiger partial charge >= 0.3 is 0 Å². The first kappa shape index (κ1) is 19.4. The maximum atomic E-state index is 13.0. The Balaban J connectivity index is 1.16. The van der Waals surface area contributed by atoms with Gasteiger partial charge in [0, 0.05) is 43.1 Å². The Hall–Kier alpha value is -2.56. The Labute approximate surface area is 177 Å². The molecule has 0 spiro atoms. The lowest BCUT2D eigenvalue weighted by Gasteiger charge is -2.41. The van der Waals surface area contributed by atoms with Crippen molar-refractivity contribution in [3.63, 3.8) is 0 Å². The van der Waals surface area contributed by atoms with Gasteiger partial charge in [0.15, 0.2) is 11.5 Å².